The van der Waals surface area contributed by atoms with Crippen molar-refractivity contribution in [3.63, 3.8) is 0 Å². The third-order valence-electron chi connectivity index (χ3n) is 2.99. The molecule has 1 aliphatic carbocycles. The molecule has 2 heteroatoms. The van der Waals surface area contributed by atoms with Gasteiger partial charge < -0.3 is 5.32 Å². The summed E-state index contributed by atoms with van der Waals surface area (Å²) in [6.45, 7) is 2.56. The van der Waals surface area contributed by atoms with Gasteiger partial charge in [-0.25, -0.2) is 0 Å². The van der Waals surface area contributed by atoms with E-state index in [9.17, 15) is 0 Å². The van der Waals surface area contributed by atoms with E-state index in [1.165, 1.54) is 32.4 Å². The van der Waals surface area contributed by atoms with E-state index in [0.29, 0.717) is 0 Å². The van der Waals surface area contributed by atoms with Crippen LogP contribution in [-0.2, 0) is 0 Å². The van der Waals surface area contributed by atoms with Crippen molar-refractivity contribution in [2.45, 2.75) is 24.5 Å². The van der Waals surface area contributed by atoms with Crippen LogP contribution in [0.2, 0.25) is 0 Å². The summed E-state index contributed by atoms with van der Waals surface area (Å²) in [5.41, 5.74) is 0.758. The minimum atomic E-state index is 0.758. The van der Waals surface area contributed by atoms with Gasteiger partial charge in [0.25, 0.3) is 0 Å². The first-order chi connectivity index (χ1) is 4.85. The molecule has 0 amide bonds. The van der Waals surface area contributed by atoms with Crippen LogP contribution in [0, 0.1) is 5.41 Å². The van der Waals surface area contributed by atoms with Crippen LogP contribution in [0.25, 0.3) is 0 Å². The Morgan fingerprint density at radius 3 is 2.80 bits per heavy atom. The van der Waals surface area contributed by atoms with E-state index in [2.05, 4.69) is 11.6 Å². The van der Waals surface area contributed by atoms with Crippen LogP contribution >= 0.6 is 11.8 Å². The van der Waals surface area contributed by atoms with E-state index >= 15 is 0 Å². The Morgan fingerprint density at radius 2 is 2.30 bits per heavy atom. The summed E-state index contributed by atoms with van der Waals surface area (Å²) in [4.78, 5) is 0. The molecule has 58 valence electrons. The maximum absolute atomic E-state index is 3.45. The van der Waals surface area contributed by atoms with Crippen LogP contribution in [0.4, 0.5) is 0 Å². The van der Waals surface area contributed by atoms with Gasteiger partial charge >= 0.3 is 0 Å². The fraction of sp³-hybridized carbons (Fsp3) is 1.00. The molecule has 1 saturated carbocycles. The molecule has 1 nitrogen and oxygen atoms in total. The first-order valence-electron chi connectivity index (χ1n) is 4.08. The maximum atomic E-state index is 3.45. The molecule has 0 radical (unpaired) electrons. The van der Waals surface area contributed by atoms with Crippen LogP contribution < -0.4 is 5.32 Å². The Hall–Kier alpha value is 0.310. The fourth-order valence-electron chi connectivity index (χ4n) is 2.22. The third-order valence-corrected chi connectivity index (χ3v) is 3.99. The highest BCUT2D eigenvalue weighted by Crippen LogP contribution is 2.49. The fourth-order valence-corrected chi connectivity index (χ4v) is 3.26. The molecule has 0 unspecified atom stereocenters. The van der Waals surface area contributed by atoms with Gasteiger partial charge in [-0.05, 0) is 37.5 Å². The predicted molar refractivity (Wildman–Crippen MR) is 46.5 cm³/mol. The molecule has 10 heavy (non-hydrogen) atoms. The molecule has 0 aromatic heterocycles. The molecule has 1 heterocycles. The lowest BCUT2D eigenvalue weighted by atomic mass is 9.68. The lowest BCUT2D eigenvalue weighted by Gasteiger charge is -2.44. The SMILES string of the molecule is CSC1CC2(CCNC2)C1. The highest BCUT2D eigenvalue weighted by atomic mass is 32.2. The Labute approximate surface area is 67.0 Å². The van der Waals surface area contributed by atoms with Gasteiger partial charge in [0.1, 0.15) is 0 Å². The Bertz CT molecular complexity index is 121. The third kappa shape index (κ3) is 0.978. The topological polar surface area (TPSA) is 12.0 Å². The summed E-state index contributed by atoms with van der Waals surface area (Å²) in [6, 6.07) is 0. The first-order valence-corrected chi connectivity index (χ1v) is 5.37. The van der Waals surface area contributed by atoms with E-state index in [1.807, 2.05) is 11.8 Å². The zero-order valence-electron chi connectivity index (χ0n) is 6.52. The summed E-state index contributed by atoms with van der Waals surface area (Å²) in [7, 11) is 0. The second-order valence-corrected chi connectivity index (χ2v) is 4.83. The standard InChI is InChI=1S/C8H15NS/c1-10-7-4-8(5-7)2-3-9-6-8/h7,9H,2-6H2,1H3. The molecule has 0 atom stereocenters. The zero-order chi connectivity index (χ0) is 7.03. The maximum Gasteiger partial charge on any atom is 0.00558 e. The molecule has 2 fully saturated rings. The number of thioether (sulfide) groups is 1. The van der Waals surface area contributed by atoms with E-state index in [0.717, 1.165) is 10.7 Å². The number of hydrogen-bond donors (Lipinski definition) is 1. The predicted octanol–water partition coefficient (Wildman–Crippen LogP) is 1.49. The summed E-state index contributed by atoms with van der Waals surface area (Å²) < 4.78 is 0. The van der Waals surface area contributed by atoms with E-state index in [-0.39, 0.29) is 0 Å². The largest absolute Gasteiger partial charge is 0.316 e. The summed E-state index contributed by atoms with van der Waals surface area (Å²) >= 11 is 2.04. The first kappa shape index (κ1) is 6.99. The van der Waals surface area contributed by atoms with E-state index in [4.69, 9.17) is 0 Å². The van der Waals surface area contributed by atoms with Crippen molar-refractivity contribution in [2.75, 3.05) is 19.3 Å². The molecule has 0 bridgehead atoms. The second kappa shape index (κ2) is 2.42. The summed E-state index contributed by atoms with van der Waals surface area (Å²) in [6.07, 6.45) is 6.62. The van der Waals surface area contributed by atoms with Crippen molar-refractivity contribution >= 4 is 11.8 Å². The molecule has 1 N–H and O–H groups in total. The van der Waals surface area contributed by atoms with Gasteiger partial charge in [-0.1, -0.05) is 0 Å². The zero-order valence-corrected chi connectivity index (χ0v) is 7.34. The van der Waals surface area contributed by atoms with Gasteiger partial charge in [-0.15, -0.1) is 0 Å². The molecular formula is C8H15NS. The van der Waals surface area contributed by atoms with Crippen molar-refractivity contribution in [3.05, 3.63) is 0 Å². The van der Waals surface area contributed by atoms with Crippen molar-refractivity contribution in [2.24, 2.45) is 5.41 Å². The highest BCUT2D eigenvalue weighted by molar-refractivity contribution is 7.99. The van der Waals surface area contributed by atoms with E-state index < -0.39 is 0 Å². The number of rotatable bonds is 1. The van der Waals surface area contributed by atoms with Gasteiger partial charge in [0.2, 0.25) is 0 Å². The summed E-state index contributed by atoms with van der Waals surface area (Å²) in [5, 5.41) is 4.44. The van der Waals surface area contributed by atoms with Crippen molar-refractivity contribution in [3.8, 4) is 0 Å². The van der Waals surface area contributed by atoms with Crippen LogP contribution in [0.15, 0.2) is 0 Å². The quantitative estimate of drug-likeness (QED) is 0.619. The molecule has 1 spiro atoms. The van der Waals surface area contributed by atoms with Gasteiger partial charge in [0.15, 0.2) is 0 Å². The van der Waals surface area contributed by atoms with E-state index in [1.54, 1.807) is 0 Å². The van der Waals surface area contributed by atoms with Crippen molar-refractivity contribution in [1.82, 2.24) is 5.32 Å². The van der Waals surface area contributed by atoms with Gasteiger partial charge in [0, 0.05) is 11.8 Å². The van der Waals surface area contributed by atoms with Gasteiger partial charge in [-0.2, -0.15) is 11.8 Å². The van der Waals surface area contributed by atoms with Crippen molar-refractivity contribution < 1.29 is 0 Å². The Balaban J connectivity index is 1.86. The smallest absolute Gasteiger partial charge is 0.00558 e. The highest BCUT2D eigenvalue weighted by Gasteiger charge is 2.45. The van der Waals surface area contributed by atoms with Crippen LogP contribution in [0.1, 0.15) is 19.3 Å². The van der Waals surface area contributed by atoms with Crippen LogP contribution in [0.3, 0.4) is 0 Å². The average Bonchev–Trinajstić information content (AvgIpc) is 2.30. The minimum Gasteiger partial charge on any atom is -0.316 e. The number of hydrogen-bond acceptors (Lipinski definition) is 2. The van der Waals surface area contributed by atoms with Crippen LogP contribution in [-0.4, -0.2) is 24.6 Å². The molecule has 2 rings (SSSR count). The Kier molecular flexibility index (Phi) is 1.69. The van der Waals surface area contributed by atoms with Gasteiger partial charge in [0.05, 0.1) is 0 Å². The minimum absolute atomic E-state index is 0.758. The van der Waals surface area contributed by atoms with Crippen molar-refractivity contribution in [1.29, 1.82) is 0 Å². The molecule has 1 saturated heterocycles. The lowest BCUT2D eigenvalue weighted by Crippen LogP contribution is -2.40. The Morgan fingerprint density at radius 1 is 1.50 bits per heavy atom. The monoisotopic (exact) mass is 157 g/mol. The molecule has 0 aromatic carbocycles. The molecule has 1 aliphatic heterocycles. The van der Waals surface area contributed by atoms with Crippen LogP contribution in [0.5, 0.6) is 0 Å². The normalized spacial score (nSPS) is 45.9. The molecule has 2 aliphatic rings. The lowest BCUT2D eigenvalue weighted by molar-refractivity contribution is 0.173. The number of nitrogens with one attached hydrogen (secondary N) is 1. The van der Waals surface area contributed by atoms with Gasteiger partial charge in [-0.3, -0.25) is 0 Å². The summed E-state index contributed by atoms with van der Waals surface area (Å²) in [5.74, 6) is 0. The molecular weight excluding hydrogens is 142 g/mol. The molecule has 0 aromatic rings. The average molecular weight is 157 g/mol. The second-order valence-electron chi connectivity index (χ2n) is 3.69.